The highest BCUT2D eigenvalue weighted by Crippen LogP contribution is 2.66. The van der Waals surface area contributed by atoms with E-state index in [-0.39, 0.29) is 29.9 Å². The summed E-state index contributed by atoms with van der Waals surface area (Å²) in [5, 5.41) is 24.1. The number of carbonyl (C=O) groups is 1. The number of hydrogen-bond donors (Lipinski definition) is 4. The predicted octanol–water partition coefficient (Wildman–Crippen LogP) is 1.73. The minimum Gasteiger partial charge on any atom is -0.393 e. The molecule has 4 unspecified atom stereocenters. The van der Waals surface area contributed by atoms with Crippen molar-refractivity contribution < 1.29 is 28.0 Å². The molecule has 7 nitrogen and oxygen atoms in total. The number of hydrogen-bond acceptors (Lipinski definition) is 5. The Labute approximate surface area is 173 Å². The normalized spacial score (nSPS) is 47.0. The van der Waals surface area contributed by atoms with Gasteiger partial charge < -0.3 is 15.5 Å². The Morgan fingerprint density at radius 3 is 2.55 bits per heavy atom. The summed E-state index contributed by atoms with van der Waals surface area (Å²) in [5.41, 5.74) is -0.725. The van der Waals surface area contributed by atoms with Gasteiger partial charge in [0.2, 0.25) is 5.91 Å². The lowest BCUT2D eigenvalue weighted by atomic mass is 9.44. The fraction of sp³-hybridized carbons (Fsp3) is 0.952. The second kappa shape index (κ2) is 7.46. The number of aliphatic hydroxyl groups excluding tert-OH is 2. The Bertz CT molecular complexity index is 756. The van der Waals surface area contributed by atoms with Crippen LogP contribution in [0.15, 0.2) is 0 Å². The van der Waals surface area contributed by atoms with Gasteiger partial charge in [-0.3, -0.25) is 9.35 Å². The highest BCUT2D eigenvalue weighted by atomic mass is 32.2. The SMILES string of the molecule is C[C@]12CC[C@@H](O)CC1CCC1C2C[C@H](O)[C@]2(C(=O)NCCS(=O)(=O)O)CCCC12. The molecule has 0 aliphatic heterocycles. The fourth-order valence-corrected chi connectivity index (χ4v) is 8.11. The van der Waals surface area contributed by atoms with Crippen molar-refractivity contribution in [1.29, 1.82) is 0 Å². The lowest BCUT2D eigenvalue weighted by molar-refractivity contribution is -0.178. The van der Waals surface area contributed by atoms with Crippen molar-refractivity contribution in [3.63, 3.8) is 0 Å². The maximum atomic E-state index is 13.2. The molecule has 4 aliphatic carbocycles. The Balaban J connectivity index is 1.56. The van der Waals surface area contributed by atoms with Gasteiger partial charge in [-0.2, -0.15) is 8.42 Å². The highest BCUT2D eigenvalue weighted by molar-refractivity contribution is 7.85. The molecule has 8 heteroatoms. The molecule has 0 heterocycles. The average molecular weight is 430 g/mol. The number of amides is 1. The van der Waals surface area contributed by atoms with E-state index in [1.54, 1.807) is 0 Å². The summed E-state index contributed by atoms with van der Waals surface area (Å²) in [4.78, 5) is 13.2. The summed E-state index contributed by atoms with van der Waals surface area (Å²) in [6.07, 6.45) is 6.88. The van der Waals surface area contributed by atoms with Crippen LogP contribution in [0.3, 0.4) is 0 Å². The number of rotatable bonds is 4. The van der Waals surface area contributed by atoms with Crippen LogP contribution >= 0.6 is 0 Å². The van der Waals surface area contributed by atoms with Crippen molar-refractivity contribution in [3.8, 4) is 0 Å². The Morgan fingerprint density at radius 2 is 1.83 bits per heavy atom. The molecule has 0 saturated heterocycles. The molecule has 0 aromatic carbocycles. The van der Waals surface area contributed by atoms with Gasteiger partial charge in [0.25, 0.3) is 10.1 Å². The molecular formula is C21H35NO6S. The van der Waals surface area contributed by atoms with Gasteiger partial charge in [-0.05, 0) is 80.5 Å². The van der Waals surface area contributed by atoms with Gasteiger partial charge in [-0.1, -0.05) is 13.3 Å². The topological polar surface area (TPSA) is 124 Å². The maximum Gasteiger partial charge on any atom is 0.266 e. The van der Waals surface area contributed by atoms with E-state index in [2.05, 4.69) is 12.2 Å². The molecule has 4 rings (SSSR count). The summed E-state index contributed by atoms with van der Waals surface area (Å²) >= 11 is 0. The number of carbonyl (C=O) groups excluding carboxylic acids is 1. The molecule has 1 amide bonds. The molecule has 29 heavy (non-hydrogen) atoms. The molecule has 4 aliphatic rings. The zero-order chi connectivity index (χ0) is 21.0. The van der Waals surface area contributed by atoms with Crippen molar-refractivity contribution in [3.05, 3.63) is 0 Å². The Morgan fingerprint density at radius 1 is 1.07 bits per heavy atom. The van der Waals surface area contributed by atoms with Crippen molar-refractivity contribution in [1.82, 2.24) is 5.32 Å². The van der Waals surface area contributed by atoms with E-state index in [1.165, 1.54) is 0 Å². The second-order valence-electron chi connectivity index (χ2n) is 10.3. The molecule has 8 atom stereocenters. The third-order valence-corrected chi connectivity index (χ3v) is 9.86. The highest BCUT2D eigenvalue weighted by Gasteiger charge is 2.64. The first-order valence-corrected chi connectivity index (χ1v) is 12.8. The molecular weight excluding hydrogens is 394 g/mol. The van der Waals surface area contributed by atoms with E-state index in [9.17, 15) is 23.4 Å². The third kappa shape index (κ3) is 3.54. The number of nitrogens with one attached hydrogen (secondary N) is 1. The van der Waals surface area contributed by atoms with Gasteiger partial charge in [-0.25, -0.2) is 0 Å². The second-order valence-corrected chi connectivity index (χ2v) is 11.9. The number of fused-ring (bicyclic) bond motifs is 5. The van der Waals surface area contributed by atoms with Crippen molar-refractivity contribution >= 4 is 16.0 Å². The minimum atomic E-state index is -4.13. The van der Waals surface area contributed by atoms with E-state index in [0.29, 0.717) is 30.6 Å². The van der Waals surface area contributed by atoms with Crippen molar-refractivity contribution in [2.24, 2.45) is 34.5 Å². The third-order valence-electron chi connectivity index (χ3n) is 9.14. The summed E-state index contributed by atoms with van der Waals surface area (Å²) in [6, 6.07) is 0. The molecule has 166 valence electrons. The van der Waals surface area contributed by atoms with E-state index in [0.717, 1.165) is 44.9 Å². The molecule has 4 fully saturated rings. The van der Waals surface area contributed by atoms with E-state index in [4.69, 9.17) is 4.55 Å². The predicted molar refractivity (Wildman–Crippen MR) is 107 cm³/mol. The lowest BCUT2D eigenvalue weighted by Gasteiger charge is -2.61. The monoisotopic (exact) mass is 429 g/mol. The zero-order valence-corrected chi connectivity index (χ0v) is 18.0. The average Bonchev–Trinajstić information content (AvgIpc) is 3.09. The molecule has 0 aromatic heterocycles. The zero-order valence-electron chi connectivity index (χ0n) is 17.2. The van der Waals surface area contributed by atoms with Gasteiger partial charge >= 0.3 is 0 Å². The number of aliphatic hydroxyl groups is 2. The summed E-state index contributed by atoms with van der Waals surface area (Å²) in [6.45, 7) is 2.20. The molecule has 0 radical (unpaired) electrons. The summed E-state index contributed by atoms with van der Waals surface area (Å²) in [5.74, 6) is 0.601. The first kappa shape index (κ1) is 21.5. The van der Waals surface area contributed by atoms with Crippen LogP contribution in [-0.4, -0.2) is 53.6 Å². The van der Waals surface area contributed by atoms with Gasteiger partial charge in [0.15, 0.2) is 0 Å². The van der Waals surface area contributed by atoms with Crippen LogP contribution in [0, 0.1) is 34.5 Å². The standard InChI is InChI=1S/C21H35NO6S/c1-20-8-6-14(23)11-13(20)4-5-15-16-3-2-7-21(16,18(24)12-17(15)20)19(25)22-9-10-29(26,27)28/h13-18,23-24H,2-12H2,1H3,(H,22,25)(H,26,27,28)/t13?,14-,15?,16?,17?,18+,20+,21+/m1/s1. The first-order chi connectivity index (χ1) is 13.6. The van der Waals surface area contributed by atoms with Crippen LogP contribution in [0.25, 0.3) is 0 Å². The Kier molecular flexibility index (Phi) is 5.54. The van der Waals surface area contributed by atoms with Crippen LogP contribution in [0.1, 0.15) is 64.7 Å². The van der Waals surface area contributed by atoms with Gasteiger partial charge in [0.1, 0.15) is 0 Å². The smallest absolute Gasteiger partial charge is 0.266 e. The van der Waals surface area contributed by atoms with Gasteiger partial charge in [0, 0.05) is 6.54 Å². The quantitative estimate of drug-likeness (QED) is 0.505. The van der Waals surface area contributed by atoms with E-state index < -0.39 is 27.4 Å². The van der Waals surface area contributed by atoms with Crippen molar-refractivity contribution in [2.75, 3.05) is 12.3 Å². The molecule has 4 N–H and O–H groups in total. The van der Waals surface area contributed by atoms with E-state index >= 15 is 0 Å². The minimum absolute atomic E-state index is 0.110. The van der Waals surface area contributed by atoms with Gasteiger partial charge in [-0.15, -0.1) is 0 Å². The van der Waals surface area contributed by atoms with Gasteiger partial charge in [0.05, 0.1) is 23.4 Å². The molecule has 0 bridgehead atoms. The fourth-order valence-electron chi connectivity index (χ4n) is 7.75. The van der Waals surface area contributed by atoms with Crippen LogP contribution in [-0.2, 0) is 14.9 Å². The van der Waals surface area contributed by atoms with E-state index in [1.807, 2.05) is 0 Å². The summed E-state index contributed by atoms with van der Waals surface area (Å²) < 4.78 is 30.9. The Hall–Kier alpha value is -0.700. The van der Waals surface area contributed by atoms with Crippen LogP contribution in [0.5, 0.6) is 0 Å². The van der Waals surface area contributed by atoms with Crippen LogP contribution in [0.2, 0.25) is 0 Å². The maximum absolute atomic E-state index is 13.2. The molecule has 0 spiro atoms. The lowest BCUT2D eigenvalue weighted by Crippen LogP contribution is -2.62. The molecule has 4 saturated carbocycles. The van der Waals surface area contributed by atoms with Crippen LogP contribution in [0.4, 0.5) is 0 Å². The van der Waals surface area contributed by atoms with Crippen molar-refractivity contribution in [2.45, 2.75) is 76.9 Å². The summed E-state index contributed by atoms with van der Waals surface area (Å²) in [7, 11) is -4.13. The largest absolute Gasteiger partial charge is 0.393 e. The first-order valence-electron chi connectivity index (χ1n) is 11.2. The van der Waals surface area contributed by atoms with Crippen LogP contribution < -0.4 is 5.32 Å². The molecule has 0 aromatic rings.